The number of anilines is 2. The standard InChI is InChI=1S/C10H16F3N5S/c1-6(5-19-2)4-15-8-3-7(10(11,12)13)16-9(17-8)18-14/h3,6H,4-5,14H2,1-2H3,(H2,15,16,17,18). The van der Waals surface area contributed by atoms with E-state index >= 15 is 0 Å². The number of alkyl halides is 3. The molecule has 0 aliphatic rings. The van der Waals surface area contributed by atoms with Crippen LogP contribution in [0, 0.1) is 5.92 Å². The minimum absolute atomic E-state index is 0.100. The molecule has 1 atom stereocenters. The van der Waals surface area contributed by atoms with Crippen LogP contribution in [-0.4, -0.2) is 28.5 Å². The topological polar surface area (TPSA) is 75.9 Å². The average molecular weight is 295 g/mol. The van der Waals surface area contributed by atoms with Gasteiger partial charge in [0, 0.05) is 12.6 Å². The van der Waals surface area contributed by atoms with Crippen molar-refractivity contribution in [3.8, 4) is 0 Å². The summed E-state index contributed by atoms with van der Waals surface area (Å²) in [6.45, 7) is 2.52. The van der Waals surface area contributed by atoms with Crippen LogP contribution < -0.4 is 16.6 Å². The fourth-order valence-corrected chi connectivity index (χ4v) is 2.06. The molecule has 108 valence electrons. The van der Waals surface area contributed by atoms with E-state index in [9.17, 15) is 13.2 Å². The predicted octanol–water partition coefficient (Wildman–Crippen LogP) is 2.19. The quantitative estimate of drug-likeness (QED) is 0.552. The Kier molecular flexibility index (Phi) is 5.67. The van der Waals surface area contributed by atoms with Crippen molar-refractivity contribution in [1.82, 2.24) is 9.97 Å². The van der Waals surface area contributed by atoms with E-state index in [0.29, 0.717) is 12.5 Å². The maximum Gasteiger partial charge on any atom is 0.433 e. The highest BCUT2D eigenvalue weighted by Gasteiger charge is 2.33. The van der Waals surface area contributed by atoms with Crippen LogP contribution in [0.25, 0.3) is 0 Å². The monoisotopic (exact) mass is 295 g/mol. The number of nitrogens with two attached hydrogens (primary N) is 1. The van der Waals surface area contributed by atoms with Gasteiger partial charge in [0.1, 0.15) is 5.82 Å². The van der Waals surface area contributed by atoms with Gasteiger partial charge < -0.3 is 5.32 Å². The smallest absolute Gasteiger partial charge is 0.370 e. The molecule has 1 heterocycles. The molecule has 0 spiro atoms. The normalized spacial score (nSPS) is 13.2. The molecule has 1 aromatic rings. The van der Waals surface area contributed by atoms with Gasteiger partial charge in [0.05, 0.1) is 0 Å². The van der Waals surface area contributed by atoms with Crippen molar-refractivity contribution < 1.29 is 13.2 Å². The fraction of sp³-hybridized carbons (Fsp3) is 0.600. The van der Waals surface area contributed by atoms with Crippen LogP contribution in [-0.2, 0) is 6.18 Å². The van der Waals surface area contributed by atoms with Crippen LogP contribution in [0.1, 0.15) is 12.6 Å². The van der Waals surface area contributed by atoms with Crippen LogP contribution in [0.3, 0.4) is 0 Å². The van der Waals surface area contributed by atoms with Crippen molar-refractivity contribution in [3.05, 3.63) is 11.8 Å². The molecular formula is C10H16F3N5S. The lowest BCUT2D eigenvalue weighted by Crippen LogP contribution is -2.19. The maximum atomic E-state index is 12.6. The summed E-state index contributed by atoms with van der Waals surface area (Å²) >= 11 is 1.67. The molecule has 5 nitrogen and oxygen atoms in total. The summed E-state index contributed by atoms with van der Waals surface area (Å²) in [6, 6.07) is 0.868. The SMILES string of the molecule is CSCC(C)CNc1cc(C(F)(F)F)nc(NN)n1. The third-order valence-electron chi connectivity index (χ3n) is 2.23. The lowest BCUT2D eigenvalue weighted by Gasteiger charge is -2.14. The van der Waals surface area contributed by atoms with Crippen LogP contribution in [0.15, 0.2) is 6.07 Å². The molecule has 0 fully saturated rings. The minimum atomic E-state index is -4.53. The first-order valence-corrected chi connectivity index (χ1v) is 6.92. The van der Waals surface area contributed by atoms with E-state index in [-0.39, 0.29) is 11.8 Å². The molecule has 9 heteroatoms. The number of thioether (sulfide) groups is 1. The van der Waals surface area contributed by atoms with Crippen molar-refractivity contribution in [1.29, 1.82) is 0 Å². The highest BCUT2D eigenvalue weighted by molar-refractivity contribution is 7.98. The highest BCUT2D eigenvalue weighted by Crippen LogP contribution is 2.29. The maximum absolute atomic E-state index is 12.6. The number of nitrogens with one attached hydrogen (secondary N) is 2. The summed E-state index contributed by atoms with van der Waals surface area (Å²) in [5.74, 6) is 6.12. The van der Waals surface area contributed by atoms with Gasteiger partial charge in [0.25, 0.3) is 0 Å². The molecule has 1 unspecified atom stereocenters. The number of hydrogen-bond acceptors (Lipinski definition) is 6. The largest absolute Gasteiger partial charge is 0.433 e. The van der Waals surface area contributed by atoms with Gasteiger partial charge in [-0.2, -0.15) is 29.9 Å². The molecule has 0 bridgehead atoms. The third-order valence-corrected chi connectivity index (χ3v) is 3.13. The first kappa shape index (κ1) is 15.8. The molecule has 0 radical (unpaired) electrons. The van der Waals surface area contributed by atoms with E-state index < -0.39 is 11.9 Å². The van der Waals surface area contributed by atoms with Crippen molar-refractivity contribution in [2.24, 2.45) is 11.8 Å². The van der Waals surface area contributed by atoms with Gasteiger partial charge in [-0.3, -0.25) is 5.43 Å². The molecule has 19 heavy (non-hydrogen) atoms. The van der Waals surface area contributed by atoms with Crippen molar-refractivity contribution >= 4 is 23.5 Å². The summed E-state index contributed by atoms with van der Waals surface area (Å²) in [4.78, 5) is 7.10. The van der Waals surface area contributed by atoms with Crippen LogP contribution >= 0.6 is 11.8 Å². The second kappa shape index (κ2) is 6.80. The van der Waals surface area contributed by atoms with Gasteiger partial charge in [-0.25, -0.2) is 10.8 Å². The van der Waals surface area contributed by atoms with Gasteiger partial charge in [0.15, 0.2) is 5.69 Å². The van der Waals surface area contributed by atoms with Crippen LogP contribution in [0.5, 0.6) is 0 Å². The first-order chi connectivity index (χ1) is 8.86. The Balaban J connectivity index is 2.83. The third kappa shape index (κ3) is 5.11. The zero-order chi connectivity index (χ0) is 14.5. The number of nitrogens with zero attached hydrogens (tertiary/aromatic N) is 2. The molecule has 4 N–H and O–H groups in total. The van der Waals surface area contributed by atoms with Gasteiger partial charge >= 0.3 is 6.18 Å². The molecule has 0 amide bonds. The summed E-state index contributed by atoms with van der Waals surface area (Å²) in [5.41, 5.74) is 0.994. The molecule has 1 rings (SSSR count). The number of aromatic nitrogens is 2. The van der Waals surface area contributed by atoms with E-state index in [2.05, 4.69) is 15.3 Å². The molecular weight excluding hydrogens is 279 g/mol. The van der Waals surface area contributed by atoms with Crippen LogP contribution in [0.4, 0.5) is 24.9 Å². The number of hydrogen-bond donors (Lipinski definition) is 3. The number of rotatable bonds is 6. The Morgan fingerprint density at radius 3 is 2.63 bits per heavy atom. The lowest BCUT2D eigenvalue weighted by molar-refractivity contribution is -0.141. The Morgan fingerprint density at radius 1 is 1.42 bits per heavy atom. The van der Waals surface area contributed by atoms with Gasteiger partial charge in [-0.1, -0.05) is 6.92 Å². The zero-order valence-electron chi connectivity index (χ0n) is 10.6. The highest BCUT2D eigenvalue weighted by atomic mass is 32.2. The summed E-state index contributed by atoms with van der Waals surface area (Å²) in [6.07, 6.45) is -2.56. The lowest BCUT2D eigenvalue weighted by atomic mass is 10.2. The molecule has 0 saturated carbocycles. The molecule has 0 saturated heterocycles. The summed E-state index contributed by atoms with van der Waals surface area (Å²) in [5, 5.41) is 2.86. The van der Waals surface area contributed by atoms with Crippen molar-refractivity contribution in [2.45, 2.75) is 13.1 Å². The number of nitrogen functional groups attached to an aromatic ring is 1. The molecule has 0 aliphatic heterocycles. The van der Waals surface area contributed by atoms with E-state index in [0.717, 1.165) is 11.8 Å². The number of halogens is 3. The molecule has 0 aromatic carbocycles. The average Bonchev–Trinajstić information content (AvgIpc) is 2.35. The van der Waals surface area contributed by atoms with Crippen molar-refractivity contribution in [3.63, 3.8) is 0 Å². The molecule has 1 aromatic heterocycles. The first-order valence-electron chi connectivity index (χ1n) is 5.52. The fourth-order valence-electron chi connectivity index (χ4n) is 1.37. The number of hydrazine groups is 1. The second-order valence-corrected chi connectivity index (χ2v) is 4.96. The van der Waals surface area contributed by atoms with Gasteiger partial charge in [-0.15, -0.1) is 0 Å². The Bertz CT molecular complexity index is 413. The Morgan fingerprint density at radius 2 is 2.11 bits per heavy atom. The van der Waals surface area contributed by atoms with Crippen molar-refractivity contribution in [2.75, 3.05) is 29.3 Å². The Labute approximate surface area is 113 Å². The van der Waals surface area contributed by atoms with Gasteiger partial charge in [-0.05, 0) is 17.9 Å². The second-order valence-electron chi connectivity index (χ2n) is 4.05. The minimum Gasteiger partial charge on any atom is -0.370 e. The van der Waals surface area contributed by atoms with E-state index in [4.69, 9.17) is 5.84 Å². The predicted molar refractivity (Wildman–Crippen MR) is 70.9 cm³/mol. The summed E-state index contributed by atoms with van der Waals surface area (Å²) in [7, 11) is 0. The van der Waals surface area contributed by atoms with Gasteiger partial charge in [0.2, 0.25) is 5.95 Å². The summed E-state index contributed by atoms with van der Waals surface area (Å²) < 4.78 is 37.8. The van der Waals surface area contributed by atoms with E-state index in [1.807, 2.05) is 18.6 Å². The molecule has 0 aliphatic carbocycles. The Hall–Kier alpha value is -1.22. The zero-order valence-corrected chi connectivity index (χ0v) is 11.4. The van der Waals surface area contributed by atoms with E-state index in [1.165, 1.54) is 0 Å². The van der Waals surface area contributed by atoms with Crippen LogP contribution in [0.2, 0.25) is 0 Å². The van der Waals surface area contributed by atoms with E-state index in [1.54, 1.807) is 11.8 Å².